The Morgan fingerprint density at radius 2 is 1.67 bits per heavy atom. The SMILES string of the molecule is CC(C)C(CNCc1ccc2c(c1)OCCCO2)C(C)C. The Morgan fingerprint density at radius 1 is 1.00 bits per heavy atom. The predicted molar refractivity (Wildman–Crippen MR) is 86.9 cm³/mol. The Hall–Kier alpha value is -1.22. The molecule has 0 fully saturated rings. The summed E-state index contributed by atoms with van der Waals surface area (Å²) in [6.07, 6.45) is 0.951. The van der Waals surface area contributed by atoms with Crippen molar-refractivity contribution in [2.75, 3.05) is 19.8 Å². The summed E-state index contributed by atoms with van der Waals surface area (Å²) >= 11 is 0. The van der Waals surface area contributed by atoms with Crippen molar-refractivity contribution in [3.63, 3.8) is 0 Å². The van der Waals surface area contributed by atoms with E-state index in [-0.39, 0.29) is 0 Å². The quantitative estimate of drug-likeness (QED) is 0.863. The van der Waals surface area contributed by atoms with Crippen LogP contribution in [0.5, 0.6) is 11.5 Å². The van der Waals surface area contributed by atoms with E-state index in [0.29, 0.717) is 17.8 Å². The molecule has 1 aromatic carbocycles. The van der Waals surface area contributed by atoms with Crippen molar-refractivity contribution in [3.05, 3.63) is 23.8 Å². The molecule has 3 heteroatoms. The van der Waals surface area contributed by atoms with Crippen LogP contribution in [0.3, 0.4) is 0 Å². The van der Waals surface area contributed by atoms with Gasteiger partial charge in [-0.25, -0.2) is 0 Å². The lowest BCUT2D eigenvalue weighted by atomic mass is 9.85. The smallest absolute Gasteiger partial charge is 0.161 e. The number of ether oxygens (including phenoxy) is 2. The second-order valence-electron chi connectivity index (χ2n) is 6.61. The average Bonchev–Trinajstić information content (AvgIpc) is 2.67. The molecule has 0 spiro atoms. The summed E-state index contributed by atoms with van der Waals surface area (Å²) in [5.41, 5.74) is 1.26. The first-order valence-corrected chi connectivity index (χ1v) is 8.17. The maximum absolute atomic E-state index is 5.74. The van der Waals surface area contributed by atoms with Crippen LogP contribution in [-0.2, 0) is 6.54 Å². The van der Waals surface area contributed by atoms with Gasteiger partial charge in [0, 0.05) is 13.0 Å². The monoisotopic (exact) mass is 291 g/mol. The molecule has 0 aromatic heterocycles. The molecule has 2 rings (SSSR count). The Labute approximate surface area is 129 Å². The van der Waals surface area contributed by atoms with Crippen molar-refractivity contribution >= 4 is 0 Å². The van der Waals surface area contributed by atoms with Gasteiger partial charge in [-0.15, -0.1) is 0 Å². The van der Waals surface area contributed by atoms with Crippen molar-refractivity contribution < 1.29 is 9.47 Å². The Balaban J connectivity index is 1.90. The van der Waals surface area contributed by atoms with Crippen LogP contribution in [0, 0.1) is 17.8 Å². The van der Waals surface area contributed by atoms with Gasteiger partial charge >= 0.3 is 0 Å². The highest BCUT2D eigenvalue weighted by molar-refractivity contribution is 5.43. The van der Waals surface area contributed by atoms with Crippen LogP contribution in [0.4, 0.5) is 0 Å². The van der Waals surface area contributed by atoms with E-state index in [4.69, 9.17) is 9.47 Å². The van der Waals surface area contributed by atoms with Gasteiger partial charge in [0.05, 0.1) is 13.2 Å². The van der Waals surface area contributed by atoms with Crippen LogP contribution in [0.1, 0.15) is 39.7 Å². The first-order chi connectivity index (χ1) is 10.1. The maximum atomic E-state index is 5.74. The minimum Gasteiger partial charge on any atom is -0.490 e. The van der Waals surface area contributed by atoms with Gasteiger partial charge in [-0.2, -0.15) is 0 Å². The lowest BCUT2D eigenvalue weighted by Crippen LogP contribution is -2.29. The van der Waals surface area contributed by atoms with Gasteiger partial charge in [0.25, 0.3) is 0 Å². The molecule has 1 N–H and O–H groups in total. The standard InChI is InChI=1S/C18H29NO2/c1-13(2)16(14(3)4)12-19-11-15-6-7-17-18(10-15)21-9-5-8-20-17/h6-7,10,13-14,16,19H,5,8-9,11-12H2,1-4H3. The molecule has 0 bridgehead atoms. The molecule has 1 aliphatic rings. The topological polar surface area (TPSA) is 30.5 Å². The van der Waals surface area contributed by atoms with Crippen LogP contribution in [0.25, 0.3) is 0 Å². The van der Waals surface area contributed by atoms with E-state index in [1.165, 1.54) is 5.56 Å². The number of hydrogen-bond donors (Lipinski definition) is 1. The summed E-state index contributed by atoms with van der Waals surface area (Å²) in [5, 5.41) is 3.59. The lowest BCUT2D eigenvalue weighted by molar-refractivity contribution is 0.275. The van der Waals surface area contributed by atoms with Gasteiger partial charge in [-0.1, -0.05) is 33.8 Å². The number of hydrogen-bond acceptors (Lipinski definition) is 3. The van der Waals surface area contributed by atoms with E-state index in [9.17, 15) is 0 Å². The Kier molecular flexibility index (Phi) is 5.92. The molecule has 0 amide bonds. The number of benzene rings is 1. The van der Waals surface area contributed by atoms with Gasteiger partial charge in [-0.05, 0) is 42.0 Å². The van der Waals surface area contributed by atoms with Crippen LogP contribution < -0.4 is 14.8 Å². The maximum Gasteiger partial charge on any atom is 0.161 e. The molecule has 1 aliphatic heterocycles. The van der Waals surface area contributed by atoms with Crippen molar-refractivity contribution in [3.8, 4) is 11.5 Å². The molecule has 1 heterocycles. The molecule has 0 unspecified atom stereocenters. The summed E-state index contributed by atoms with van der Waals surface area (Å²) in [4.78, 5) is 0. The van der Waals surface area contributed by atoms with Crippen molar-refractivity contribution in [1.82, 2.24) is 5.32 Å². The van der Waals surface area contributed by atoms with Crippen LogP contribution in [0.15, 0.2) is 18.2 Å². The fraction of sp³-hybridized carbons (Fsp3) is 0.667. The summed E-state index contributed by atoms with van der Waals surface area (Å²) < 4.78 is 11.4. The highest BCUT2D eigenvalue weighted by Gasteiger charge is 2.17. The zero-order valence-corrected chi connectivity index (χ0v) is 13.8. The highest BCUT2D eigenvalue weighted by Crippen LogP contribution is 2.30. The minimum atomic E-state index is 0.710. The van der Waals surface area contributed by atoms with Crippen molar-refractivity contribution in [2.45, 2.75) is 40.7 Å². The summed E-state index contributed by atoms with van der Waals surface area (Å²) in [5.74, 6) is 3.89. The molecular weight excluding hydrogens is 262 g/mol. The summed E-state index contributed by atoms with van der Waals surface area (Å²) in [6, 6.07) is 6.26. The number of nitrogens with one attached hydrogen (secondary N) is 1. The first-order valence-electron chi connectivity index (χ1n) is 8.17. The second-order valence-corrected chi connectivity index (χ2v) is 6.61. The van der Waals surface area contributed by atoms with Crippen LogP contribution in [-0.4, -0.2) is 19.8 Å². The molecule has 0 saturated carbocycles. The molecule has 0 radical (unpaired) electrons. The van der Waals surface area contributed by atoms with Crippen LogP contribution in [0.2, 0.25) is 0 Å². The lowest BCUT2D eigenvalue weighted by Gasteiger charge is -2.25. The largest absolute Gasteiger partial charge is 0.490 e. The minimum absolute atomic E-state index is 0.710. The van der Waals surface area contributed by atoms with Crippen molar-refractivity contribution in [1.29, 1.82) is 0 Å². The Bertz CT molecular complexity index is 435. The predicted octanol–water partition coefficient (Wildman–Crippen LogP) is 3.87. The molecule has 0 atom stereocenters. The summed E-state index contributed by atoms with van der Waals surface area (Å²) in [6.45, 7) is 12.7. The van der Waals surface area contributed by atoms with Crippen LogP contribution >= 0.6 is 0 Å². The fourth-order valence-corrected chi connectivity index (χ4v) is 2.94. The fourth-order valence-electron chi connectivity index (χ4n) is 2.94. The van der Waals surface area contributed by atoms with E-state index < -0.39 is 0 Å². The van der Waals surface area contributed by atoms with Gasteiger partial charge in [0.2, 0.25) is 0 Å². The van der Waals surface area contributed by atoms with E-state index in [2.05, 4.69) is 45.1 Å². The van der Waals surface area contributed by atoms with E-state index in [1.54, 1.807) is 0 Å². The Morgan fingerprint density at radius 3 is 2.33 bits per heavy atom. The molecule has 0 saturated heterocycles. The first kappa shape index (κ1) is 16.2. The second kappa shape index (κ2) is 7.69. The molecule has 21 heavy (non-hydrogen) atoms. The van der Waals surface area contributed by atoms with E-state index >= 15 is 0 Å². The zero-order chi connectivity index (χ0) is 15.2. The van der Waals surface area contributed by atoms with E-state index in [0.717, 1.165) is 44.2 Å². The summed E-state index contributed by atoms with van der Waals surface area (Å²) in [7, 11) is 0. The zero-order valence-electron chi connectivity index (χ0n) is 13.8. The third-order valence-corrected chi connectivity index (χ3v) is 4.23. The normalized spacial score (nSPS) is 14.8. The molecule has 118 valence electrons. The molecular formula is C18H29NO2. The van der Waals surface area contributed by atoms with E-state index in [1.807, 2.05) is 6.07 Å². The van der Waals surface area contributed by atoms with Gasteiger partial charge < -0.3 is 14.8 Å². The van der Waals surface area contributed by atoms with Gasteiger partial charge in [0.15, 0.2) is 11.5 Å². The molecule has 3 nitrogen and oxygen atoms in total. The number of fused-ring (bicyclic) bond motifs is 1. The number of rotatable bonds is 6. The molecule has 0 aliphatic carbocycles. The average molecular weight is 291 g/mol. The molecule has 1 aromatic rings. The highest BCUT2D eigenvalue weighted by atomic mass is 16.5. The van der Waals surface area contributed by atoms with Gasteiger partial charge in [-0.3, -0.25) is 0 Å². The van der Waals surface area contributed by atoms with Gasteiger partial charge in [0.1, 0.15) is 0 Å². The third-order valence-electron chi connectivity index (χ3n) is 4.23. The van der Waals surface area contributed by atoms with Crippen molar-refractivity contribution in [2.24, 2.45) is 17.8 Å². The third kappa shape index (κ3) is 4.63.